The molecule has 0 saturated carbocycles. The predicted molar refractivity (Wildman–Crippen MR) is 78.0 cm³/mol. The molecule has 0 spiro atoms. The number of nitrogens with one attached hydrogen (secondary N) is 1. The number of anilines is 1. The molecule has 0 amide bonds. The Labute approximate surface area is 125 Å². The smallest absolute Gasteiger partial charge is 0.381 e. The normalized spacial score (nSPS) is 18.2. The third-order valence-corrected chi connectivity index (χ3v) is 4.16. The van der Waals surface area contributed by atoms with Gasteiger partial charge in [-0.2, -0.15) is 13.2 Å². The molecule has 0 radical (unpaired) electrons. The highest BCUT2D eigenvalue weighted by atomic mass is 79.9. The first-order valence-corrected chi connectivity index (χ1v) is 7.44. The van der Waals surface area contributed by atoms with Crippen molar-refractivity contribution in [3.05, 3.63) is 28.2 Å². The van der Waals surface area contributed by atoms with Gasteiger partial charge >= 0.3 is 6.18 Å². The molecule has 1 N–H and O–H groups in total. The lowest BCUT2D eigenvalue weighted by Gasteiger charge is -2.33. The molecule has 0 aliphatic carbocycles. The van der Waals surface area contributed by atoms with Crippen molar-refractivity contribution >= 4 is 21.6 Å². The highest BCUT2D eigenvalue weighted by Crippen LogP contribution is 2.27. The summed E-state index contributed by atoms with van der Waals surface area (Å²) in [5.41, 5.74) is 2.17. The fraction of sp³-hybridized carbons (Fsp3) is 0.571. The molecule has 0 aromatic heterocycles. The third kappa shape index (κ3) is 4.66. The molecule has 2 nitrogen and oxygen atoms in total. The second kappa shape index (κ2) is 6.35. The molecule has 0 atom stereocenters. The standard InChI is InChI=1S/C14H18BrF3N2/c1-10-2-3-12(15)13(8-10)19-11-4-6-20(7-5-11)9-14(16,17)18/h2-3,8,11,19H,4-7,9H2,1H3. The summed E-state index contributed by atoms with van der Waals surface area (Å²) >= 11 is 3.49. The first-order chi connectivity index (χ1) is 9.33. The second-order valence-corrected chi connectivity index (χ2v) is 6.15. The van der Waals surface area contributed by atoms with E-state index in [9.17, 15) is 13.2 Å². The lowest BCUT2D eigenvalue weighted by Crippen LogP contribution is -2.43. The van der Waals surface area contributed by atoms with E-state index in [1.807, 2.05) is 25.1 Å². The third-order valence-electron chi connectivity index (χ3n) is 3.47. The zero-order chi connectivity index (χ0) is 14.8. The number of aryl methyl sites for hydroxylation is 1. The number of halogens is 4. The van der Waals surface area contributed by atoms with Crippen LogP contribution < -0.4 is 5.32 Å². The zero-order valence-corrected chi connectivity index (χ0v) is 12.9. The van der Waals surface area contributed by atoms with Crippen LogP contribution in [0.3, 0.4) is 0 Å². The molecule has 6 heteroatoms. The first-order valence-electron chi connectivity index (χ1n) is 6.65. The summed E-state index contributed by atoms with van der Waals surface area (Å²) in [5.74, 6) is 0. The van der Waals surface area contributed by atoms with Gasteiger partial charge in [0.2, 0.25) is 0 Å². The minimum absolute atomic E-state index is 0.234. The van der Waals surface area contributed by atoms with Crippen LogP contribution in [0.15, 0.2) is 22.7 Å². The van der Waals surface area contributed by atoms with Gasteiger partial charge in [-0.1, -0.05) is 6.07 Å². The summed E-state index contributed by atoms with van der Waals surface area (Å²) in [5, 5.41) is 3.42. The molecular formula is C14H18BrF3N2. The molecule has 1 saturated heterocycles. The molecule has 0 unspecified atom stereocenters. The van der Waals surface area contributed by atoms with E-state index in [-0.39, 0.29) is 6.04 Å². The molecule has 0 bridgehead atoms. The number of hydrogen-bond acceptors (Lipinski definition) is 2. The topological polar surface area (TPSA) is 15.3 Å². The van der Waals surface area contributed by atoms with E-state index in [1.54, 1.807) is 0 Å². The van der Waals surface area contributed by atoms with E-state index in [0.717, 1.165) is 28.6 Å². The van der Waals surface area contributed by atoms with Gasteiger partial charge in [0, 0.05) is 29.3 Å². The van der Waals surface area contributed by atoms with E-state index in [2.05, 4.69) is 21.2 Å². The molecule has 1 aliphatic heterocycles. The number of hydrogen-bond donors (Lipinski definition) is 1. The molecule has 1 fully saturated rings. The fourth-order valence-corrected chi connectivity index (χ4v) is 2.82. The molecule has 1 aromatic carbocycles. The Hall–Kier alpha value is -0.750. The van der Waals surface area contributed by atoms with Crippen LogP contribution in [0.1, 0.15) is 18.4 Å². The van der Waals surface area contributed by atoms with E-state index in [0.29, 0.717) is 13.1 Å². The summed E-state index contributed by atoms with van der Waals surface area (Å²) in [6.45, 7) is 2.19. The summed E-state index contributed by atoms with van der Waals surface area (Å²) in [6.07, 6.45) is -2.63. The molecule has 1 aliphatic rings. The molecule has 1 aromatic rings. The van der Waals surface area contributed by atoms with E-state index in [4.69, 9.17) is 0 Å². The highest BCUT2D eigenvalue weighted by Gasteiger charge is 2.32. The molecular weight excluding hydrogens is 333 g/mol. The van der Waals surface area contributed by atoms with Crippen molar-refractivity contribution in [2.24, 2.45) is 0 Å². The molecule has 1 heterocycles. The van der Waals surface area contributed by atoms with Crippen molar-refractivity contribution in [3.8, 4) is 0 Å². The maximum Gasteiger partial charge on any atom is 0.401 e. The van der Waals surface area contributed by atoms with Crippen LogP contribution in [0.25, 0.3) is 0 Å². The fourth-order valence-electron chi connectivity index (χ4n) is 2.46. The van der Waals surface area contributed by atoms with Crippen LogP contribution in [0.5, 0.6) is 0 Å². The van der Waals surface area contributed by atoms with Crippen LogP contribution in [-0.4, -0.2) is 36.8 Å². The number of piperidine rings is 1. The Kier molecular flexibility index (Phi) is 4.96. The van der Waals surface area contributed by atoms with Gasteiger partial charge in [-0.3, -0.25) is 4.90 Å². The first kappa shape index (κ1) is 15.6. The Morgan fingerprint density at radius 2 is 1.95 bits per heavy atom. The van der Waals surface area contributed by atoms with Gasteiger partial charge in [0.25, 0.3) is 0 Å². The Balaban J connectivity index is 1.87. The quantitative estimate of drug-likeness (QED) is 0.878. The lowest BCUT2D eigenvalue weighted by atomic mass is 10.0. The van der Waals surface area contributed by atoms with Gasteiger partial charge in [-0.15, -0.1) is 0 Å². The van der Waals surface area contributed by atoms with Crippen LogP contribution in [0.2, 0.25) is 0 Å². The minimum atomic E-state index is -4.10. The number of rotatable bonds is 3. The number of alkyl halides is 3. The van der Waals surface area contributed by atoms with Crippen molar-refractivity contribution < 1.29 is 13.2 Å². The zero-order valence-electron chi connectivity index (χ0n) is 11.3. The van der Waals surface area contributed by atoms with E-state index in [1.165, 1.54) is 4.90 Å². The molecule has 112 valence electrons. The maximum absolute atomic E-state index is 12.3. The van der Waals surface area contributed by atoms with Crippen molar-refractivity contribution in [3.63, 3.8) is 0 Å². The van der Waals surface area contributed by atoms with Crippen molar-refractivity contribution in [2.45, 2.75) is 32.0 Å². The van der Waals surface area contributed by atoms with Crippen LogP contribution in [-0.2, 0) is 0 Å². The van der Waals surface area contributed by atoms with Crippen LogP contribution in [0, 0.1) is 6.92 Å². The summed E-state index contributed by atoms with van der Waals surface area (Å²) in [4.78, 5) is 1.48. The summed E-state index contributed by atoms with van der Waals surface area (Å²) in [6, 6.07) is 6.28. The number of nitrogens with zero attached hydrogens (tertiary/aromatic N) is 1. The molecule has 20 heavy (non-hydrogen) atoms. The van der Waals surface area contributed by atoms with E-state index < -0.39 is 12.7 Å². The Morgan fingerprint density at radius 1 is 1.30 bits per heavy atom. The van der Waals surface area contributed by atoms with Gasteiger partial charge < -0.3 is 5.32 Å². The molecule has 2 rings (SSSR count). The van der Waals surface area contributed by atoms with Crippen LogP contribution in [0.4, 0.5) is 18.9 Å². The van der Waals surface area contributed by atoms with Crippen LogP contribution >= 0.6 is 15.9 Å². The highest BCUT2D eigenvalue weighted by molar-refractivity contribution is 9.10. The van der Waals surface area contributed by atoms with Gasteiger partial charge in [0.1, 0.15) is 0 Å². The average molecular weight is 351 g/mol. The lowest BCUT2D eigenvalue weighted by molar-refractivity contribution is -0.147. The maximum atomic E-state index is 12.3. The van der Waals surface area contributed by atoms with Crippen molar-refractivity contribution in [1.29, 1.82) is 0 Å². The predicted octanol–water partition coefficient (Wildman–Crippen LogP) is 4.20. The Bertz CT molecular complexity index is 454. The van der Waals surface area contributed by atoms with Crippen molar-refractivity contribution in [1.82, 2.24) is 4.90 Å². The SMILES string of the molecule is Cc1ccc(Br)c(NC2CCN(CC(F)(F)F)CC2)c1. The van der Waals surface area contributed by atoms with Gasteiger partial charge in [-0.05, 0) is 53.4 Å². The summed E-state index contributed by atoms with van der Waals surface area (Å²) in [7, 11) is 0. The average Bonchev–Trinajstić information content (AvgIpc) is 2.34. The van der Waals surface area contributed by atoms with Gasteiger partial charge in [0.15, 0.2) is 0 Å². The monoisotopic (exact) mass is 350 g/mol. The summed E-state index contributed by atoms with van der Waals surface area (Å²) < 4.78 is 37.9. The second-order valence-electron chi connectivity index (χ2n) is 5.29. The van der Waals surface area contributed by atoms with Crippen molar-refractivity contribution in [2.75, 3.05) is 25.0 Å². The minimum Gasteiger partial charge on any atom is -0.381 e. The Morgan fingerprint density at radius 3 is 2.55 bits per heavy atom. The van der Waals surface area contributed by atoms with Gasteiger partial charge in [0.05, 0.1) is 6.54 Å². The van der Waals surface area contributed by atoms with E-state index >= 15 is 0 Å². The largest absolute Gasteiger partial charge is 0.401 e. The number of likely N-dealkylation sites (tertiary alicyclic amines) is 1. The van der Waals surface area contributed by atoms with Gasteiger partial charge in [-0.25, -0.2) is 0 Å². The number of benzene rings is 1.